The van der Waals surface area contributed by atoms with Crippen LogP contribution in [0.3, 0.4) is 0 Å². The summed E-state index contributed by atoms with van der Waals surface area (Å²) in [5.74, 6) is 0. The molecule has 9 aromatic carbocycles. The van der Waals surface area contributed by atoms with E-state index in [9.17, 15) is 0 Å². The molecule has 1 nitrogen and oxygen atoms in total. The number of rotatable bonds is 3. The van der Waals surface area contributed by atoms with E-state index >= 15 is 0 Å². The molecule has 1 heteroatoms. The van der Waals surface area contributed by atoms with Gasteiger partial charge in [0.25, 0.3) is 0 Å². The second-order valence-corrected chi connectivity index (χ2v) is 12.0. The van der Waals surface area contributed by atoms with Crippen LogP contribution in [-0.4, -0.2) is 0 Å². The lowest BCUT2D eigenvalue weighted by Gasteiger charge is -2.18. The SMILES string of the molecule is c1ccc2c(-c3ccc(-c4c5ccccc5c(-c5ccc6ccc7cccc8oc5c6c78)c5ccccc45)cc3)cccc2c1. The zero-order valence-corrected chi connectivity index (χ0v) is 24.4. The van der Waals surface area contributed by atoms with E-state index in [1.807, 2.05) is 0 Å². The van der Waals surface area contributed by atoms with Crippen molar-refractivity contribution in [1.29, 1.82) is 0 Å². The molecule has 45 heavy (non-hydrogen) atoms. The predicted molar refractivity (Wildman–Crippen MR) is 191 cm³/mol. The van der Waals surface area contributed by atoms with E-state index in [1.54, 1.807) is 0 Å². The molecular formula is C44H26O. The molecule has 0 saturated heterocycles. The maximum Gasteiger partial charge on any atom is 0.143 e. The Kier molecular flexibility index (Phi) is 5.06. The van der Waals surface area contributed by atoms with Crippen LogP contribution in [0.25, 0.3) is 98.4 Å². The van der Waals surface area contributed by atoms with Gasteiger partial charge in [0.2, 0.25) is 0 Å². The fourth-order valence-electron chi connectivity index (χ4n) is 7.65. The highest BCUT2D eigenvalue weighted by molar-refractivity contribution is 6.28. The van der Waals surface area contributed by atoms with Crippen molar-refractivity contribution < 1.29 is 4.42 Å². The largest absolute Gasteiger partial charge is 0.455 e. The molecule has 10 rings (SSSR count). The Balaban J connectivity index is 1.24. The van der Waals surface area contributed by atoms with Gasteiger partial charge in [0.05, 0.1) is 0 Å². The Morgan fingerprint density at radius 1 is 0.311 bits per heavy atom. The first-order valence-electron chi connectivity index (χ1n) is 15.5. The third-order valence-electron chi connectivity index (χ3n) is 9.63. The summed E-state index contributed by atoms with van der Waals surface area (Å²) in [6.45, 7) is 0. The van der Waals surface area contributed by atoms with Crippen LogP contribution in [0.1, 0.15) is 0 Å². The van der Waals surface area contributed by atoms with Gasteiger partial charge in [0.1, 0.15) is 11.2 Å². The third-order valence-corrected chi connectivity index (χ3v) is 9.63. The molecule has 0 aliphatic rings. The van der Waals surface area contributed by atoms with Crippen molar-refractivity contribution in [3.05, 3.63) is 158 Å². The average Bonchev–Trinajstić information content (AvgIpc) is 3.51. The molecule has 0 saturated carbocycles. The summed E-state index contributed by atoms with van der Waals surface area (Å²) in [7, 11) is 0. The van der Waals surface area contributed by atoms with E-state index in [-0.39, 0.29) is 0 Å². The zero-order valence-electron chi connectivity index (χ0n) is 24.4. The first kappa shape index (κ1) is 24.5. The average molecular weight is 571 g/mol. The zero-order chi connectivity index (χ0) is 29.5. The van der Waals surface area contributed by atoms with Crippen molar-refractivity contribution in [2.75, 3.05) is 0 Å². The Morgan fingerprint density at radius 3 is 1.58 bits per heavy atom. The van der Waals surface area contributed by atoms with Crippen LogP contribution in [0.4, 0.5) is 0 Å². The molecule has 1 aromatic heterocycles. The summed E-state index contributed by atoms with van der Waals surface area (Å²) >= 11 is 0. The van der Waals surface area contributed by atoms with Gasteiger partial charge in [-0.2, -0.15) is 0 Å². The van der Waals surface area contributed by atoms with Crippen LogP contribution in [0.2, 0.25) is 0 Å². The number of hydrogen-bond donors (Lipinski definition) is 0. The number of fused-ring (bicyclic) bond motifs is 3. The number of furan rings is 1. The fourth-order valence-corrected chi connectivity index (χ4v) is 7.65. The number of benzene rings is 9. The summed E-state index contributed by atoms with van der Waals surface area (Å²) in [4.78, 5) is 0. The smallest absolute Gasteiger partial charge is 0.143 e. The van der Waals surface area contributed by atoms with Crippen LogP contribution in [0.5, 0.6) is 0 Å². The van der Waals surface area contributed by atoms with Crippen molar-refractivity contribution >= 4 is 65.0 Å². The van der Waals surface area contributed by atoms with Gasteiger partial charge in [-0.15, -0.1) is 0 Å². The molecule has 208 valence electrons. The van der Waals surface area contributed by atoms with Crippen LogP contribution in [0, 0.1) is 0 Å². The van der Waals surface area contributed by atoms with E-state index in [2.05, 4.69) is 158 Å². The van der Waals surface area contributed by atoms with Crippen molar-refractivity contribution in [1.82, 2.24) is 0 Å². The van der Waals surface area contributed by atoms with Crippen LogP contribution in [0.15, 0.2) is 162 Å². The van der Waals surface area contributed by atoms with E-state index in [0.717, 1.165) is 16.7 Å². The maximum absolute atomic E-state index is 6.70. The monoisotopic (exact) mass is 570 g/mol. The molecule has 0 atom stereocenters. The minimum absolute atomic E-state index is 0.942. The predicted octanol–water partition coefficient (Wildman–Crippen LogP) is 12.6. The van der Waals surface area contributed by atoms with Gasteiger partial charge in [-0.05, 0) is 77.5 Å². The lowest BCUT2D eigenvalue weighted by atomic mass is 9.85. The van der Waals surface area contributed by atoms with Crippen LogP contribution >= 0.6 is 0 Å². The van der Waals surface area contributed by atoms with Crippen molar-refractivity contribution in [3.63, 3.8) is 0 Å². The molecule has 0 aliphatic carbocycles. The molecule has 0 N–H and O–H groups in total. The maximum atomic E-state index is 6.70. The molecule has 10 aromatic rings. The van der Waals surface area contributed by atoms with Gasteiger partial charge in [0.15, 0.2) is 0 Å². The summed E-state index contributed by atoms with van der Waals surface area (Å²) < 4.78 is 6.70. The second kappa shape index (κ2) is 9.29. The standard InChI is InChI=1S/C44H26O/c1-2-12-32-27(9-1)10-7-17-33(32)28-19-21-30(22-20-28)40-34-13-3-5-15-36(34)43(37-16-6-4-14-35(37)40)38-26-25-31-24-23-29-11-8-18-39-41(29)42(31)44(38)45-39/h1-26H. The Hall–Kier alpha value is -5.92. The summed E-state index contributed by atoms with van der Waals surface area (Å²) in [6, 6.07) is 57.3. The minimum Gasteiger partial charge on any atom is -0.455 e. The molecule has 0 unspecified atom stereocenters. The Bertz CT molecular complexity index is 2680. The first-order valence-corrected chi connectivity index (χ1v) is 15.5. The van der Waals surface area contributed by atoms with E-state index in [4.69, 9.17) is 4.42 Å². The summed E-state index contributed by atoms with van der Waals surface area (Å²) in [5, 5.41) is 12.3. The van der Waals surface area contributed by atoms with Crippen molar-refractivity contribution in [2.45, 2.75) is 0 Å². The lowest BCUT2D eigenvalue weighted by molar-refractivity contribution is 0.670. The van der Waals surface area contributed by atoms with Gasteiger partial charge < -0.3 is 4.42 Å². The van der Waals surface area contributed by atoms with Crippen LogP contribution in [-0.2, 0) is 0 Å². The summed E-state index contributed by atoms with van der Waals surface area (Å²) in [5.41, 5.74) is 9.22. The first-order chi connectivity index (χ1) is 22.3. The minimum atomic E-state index is 0.942. The third kappa shape index (κ3) is 3.50. The fraction of sp³-hybridized carbons (Fsp3) is 0. The highest BCUT2D eigenvalue weighted by Gasteiger charge is 2.22. The molecule has 0 spiro atoms. The molecule has 0 radical (unpaired) electrons. The van der Waals surface area contributed by atoms with Gasteiger partial charge in [-0.1, -0.05) is 146 Å². The highest BCUT2D eigenvalue weighted by atomic mass is 16.3. The summed E-state index contributed by atoms with van der Waals surface area (Å²) in [6.07, 6.45) is 0. The molecule has 1 heterocycles. The Morgan fingerprint density at radius 2 is 0.844 bits per heavy atom. The highest BCUT2D eigenvalue weighted by Crippen LogP contribution is 2.48. The molecule has 0 fully saturated rings. The molecule has 0 amide bonds. The quantitative estimate of drug-likeness (QED) is 0.152. The van der Waals surface area contributed by atoms with Gasteiger partial charge >= 0.3 is 0 Å². The van der Waals surface area contributed by atoms with Gasteiger partial charge in [0, 0.05) is 21.9 Å². The lowest BCUT2D eigenvalue weighted by Crippen LogP contribution is -1.91. The molecule has 0 bridgehead atoms. The second-order valence-electron chi connectivity index (χ2n) is 12.0. The molecule has 0 aliphatic heterocycles. The normalized spacial score (nSPS) is 12.0. The topological polar surface area (TPSA) is 13.1 Å². The van der Waals surface area contributed by atoms with E-state index in [0.29, 0.717) is 0 Å². The van der Waals surface area contributed by atoms with Crippen molar-refractivity contribution in [2.24, 2.45) is 0 Å². The van der Waals surface area contributed by atoms with Gasteiger partial charge in [-0.3, -0.25) is 0 Å². The molecular weight excluding hydrogens is 544 g/mol. The van der Waals surface area contributed by atoms with Crippen molar-refractivity contribution in [3.8, 4) is 33.4 Å². The Labute approximate surface area is 259 Å². The van der Waals surface area contributed by atoms with E-state index < -0.39 is 0 Å². The van der Waals surface area contributed by atoms with Gasteiger partial charge in [-0.25, -0.2) is 0 Å². The van der Waals surface area contributed by atoms with Crippen LogP contribution < -0.4 is 0 Å². The number of hydrogen-bond acceptors (Lipinski definition) is 1. The van der Waals surface area contributed by atoms with E-state index in [1.165, 1.54) is 81.7 Å².